The van der Waals surface area contributed by atoms with E-state index in [0.29, 0.717) is 0 Å². The van der Waals surface area contributed by atoms with Crippen molar-refractivity contribution in [3.8, 4) is 22.5 Å². The summed E-state index contributed by atoms with van der Waals surface area (Å²) in [5, 5.41) is 27.6. The summed E-state index contributed by atoms with van der Waals surface area (Å²) in [6.45, 7) is 0. The number of aromatic nitrogens is 2. The number of hydrogen-bond donors (Lipinski definition) is 2. The van der Waals surface area contributed by atoms with E-state index in [9.17, 15) is 19.8 Å². The Bertz CT molecular complexity index is 2630. The van der Waals surface area contributed by atoms with Gasteiger partial charge in [-0.2, -0.15) is 0 Å². The molecule has 2 aliphatic carbocycles. The number of fused-ring (bicyclic) bond motifs is 12. The van der Waals surface area contributed by atoms with Gasteiger partial charge in [-0.3, -0.25) is 9.59 Å². The molecule has 2 unspecified atom stereocenters. The molecule has 244 valence electrons. The molecule has 6 heteroatoms. The third-order valence-corrected chi connectivity index (χ3v) is 11.4. The van der Waals surface area contributed by atoms with Gasteiger partial charge in [-0.15, -0.1) is 0 Å². The quantitative estimate of drug-likeness (QED) is 0.184. The van der Waals surface area contributed by atoms with Gasteiger partial charge < -0.3 is 10.2 Å². The number of carboxylic acid groups (broad SMARTS) is 2. The smallest absolute Gasteiger partial charge is 0.304 e. The molecule has 8 aromatic rings. The maximum absolute atomic E-state index is 13.3. The summed E-state index contributed by atoms with van der Waals surface area (Å²) in [4.78, 5) is 37.1. The average Bonchev–Trinajstić information content (AvgIpc) is 3.54. The van der Waals surface area contributed by atoms with Gasteiger partial charge in [-0.05, 0) is 74.5 Å². The number of aliphatic carboxylic acids is 2. The van der Waals surface area contributed by atoms with Crippen molar-refractivity contribution in [1.29, 1.82) is 0 Å². The molecule has 6 nitrogen and oxygen atoms in total. The Morgan fingerprint density at radius 3 is 1.29 bits per heavy atom. The van der Waals surface area contributed by atoms with Crippen molar-refractivity contribution in [2.75, 3.05) is 0 Å². The van der Waals surface area contributed by atoms with Gasteiger partial charge >= 0.3 is 11.9 Å². The number of benzene rings is 6. The van der Waals surface area contributed by atoms with Crippen LogP contribution in [0.25, 0.3) is 65.9 Å². The molecule has 0 amide bonds. The summed E-state index contributed by atoms with van der Waals surface area (Å²) in [6.07, 6.45) is -0.298. The molecule has 0 radical (unpaired) electrons. The normalized spacial score (nSPS) is 18.5. The minimum atomic E-state index is -1.14. The highest BCUT2D eigenvalue weighted by molar-refractivity contribution is 6.06. The van der Waals surface area contributed by atoms with Gasteiger partial charge in [-0.1, -0.05) is 109 Å². The molecule has 2 atom stereocenters. The molecule has 51 heavy (non-hydrogen) atoms. The lowest BCUT2D eigenvalue weighted by Crippen LogP contribution is -2.40. The zero-order valence-corrected chi connectivity index (χ0v) is 27.4. The largest absolute Gasteiger partial charge is 0.481 e. The number of hydrogen-bond acceptors (Lipinski definition) is 4. The number of carbonyl (C=O) groups is 2. The molecule has 0 spiro atoms. The van der Waals surface area contributed by atoms with Crippen LogP contribution in [0, 0.1) is 0 Å². The van der Waals surface area contributed by atoms with E-state index in [1.165, 1.54) is 0 Å². The van der Waals surface area contributed by atoms with Gasteiger partial charge in [0.1, 0.15) is 0 Å². The molecule has 6 aromatic carbocycles. The molecule has 0 aliphatic heterocycles. The number of para-hydroxylation sites is 2. The molecule has 2 N–H and O–H groups in total. The van der Waals surface area contributed by atoms with E-state index in [0.717, 1.165) is 88.1 Å². The molecule has 0 bridgehead atoms. The van der Waals surface area contributed by atoms with Crippen LogP contribution in [0.4, 0.5) is 0 Å². The van der Waals surface area contributed by atoms with E-state index < -0.39 is 22.8 Å². The van der Waals surface area contributed by atoms with Crippen LogP contribution >= 0.6 is 0 Å². The van der Waals surface area contributed by atoms with E-state index in [4.69, 9.17) is 9.97 Å². The van der Waals surface area contributed by atoms with Gasteiger partial charge in [0.05, 0.1) is 35.3 Å². The van der Waals surface area contributed by atoms with Crippen LogP contribution in [-0.4, -0.2) is 32.1 Å². The lowest BCUT2D eigenvalue weighted by molar-refractivity contribution is -0.138. The third-order valence-electron chi connectivity index (χ3n) is 11.4. The molecule has 0 saturated heterocycles. The topological polar surface area (TPSA) is 100 Å². The third kappa shape index (κ3) is 4.10. The van der Waals surface area contributed by atoms with Gasteiger partial charge in [0.2, 0.25) is 0 Å². The molecule has 2 aromatic heterocycles. The number of rotatable bonds is 6. The first-order valence-corrected chi connectivity index (χ1v) is 17.2. The van der Waals surface area contributed by atoms with Crippen molar-refractivity contribution < 1.29 is 19.8 Å². The Hall–Kier alpha value is -6.40. The zero-order chi connectivity index (χ0) is 34.5. The van der Waals surface area contributed by atoms with Crippen LogP contribution < -0.4 is 0 Å². The summed E-state index contributed by atoms with van der Waals surface area (Å²) >= 11 is 0. The lowest BCUT2D eigenvalue weighted by Gasteiger charge is -2.41. The van der Waals surface area contributed by atoms with Crippen LogP contribution in [0.15, 0.2) is 133 Å². The SMILES string of the molecule is O=C(O)CC1(CC2(CC(=O)O)c3cc4ccccc4nc3-c3c2ccc2ccccc32)c2cc3ccccc3nc2-c2c1ccc1ccccc21. The maximum Gasteiger partial charge on any atom is 0.304 e. The Balaban J connectivity index is 1.36. The molecule has 2 aliphatic rings. The maximum atomic E-state index is 13.3. The first-order valence-electron chi connectivity index (χ1n) is 17.2. The Morgan fingerprint density at radius 1 is 0.471 bits per heavy atom. The molecular formula is C45H30N2O4. The number of nitrogens with zero attached hydrogens (tertiary/aromatic N) is 2. The second-order valence-corrected chi connectivity index (χ2v) is 14.1. The highest BCUT2D eigenvalue weighted by Crippen LogP contribution is 2.63. The van der Waals surface area contributed by atoms with Crippen molar-refractivity contribution in [3.63, 3.8) is 0 Å². The fourth-order valence-electron chi connectivity index (χ4n) is 9.40. The van der Waals surface area contributed by atoms with Crippen LogP contribution in [0.3, 0.4) is 0 Å². The summed E-state index contributed by atoms with van der Waals surface area (Å²) in [6, 6.07) is 44.5. The predicted octanol–water partition coefficient (Wildman–Crippen LogP) is 9.66. The Morgan fingerprint density at radius 2 is 0.863 bits per heavy atom. The minimum Gasteiger partial charge on any atom is -0.481 e. The van der Waals surface area contributed by atoms with E-state index in [1.54, 1.807) is 0 Å². The van der Waals surface area contributed by atoms with Crippen molar-refractivity contribution >= 4 is 55.3 Å². The van der Waals surface area contributed by atoms with Crippen LogP contribution in [0.5, 0.6) is 0 Å². The van der Waals surface area contributed by atoms with Crippen LogP contribution in [0.1, 0.15) is 41.5 Å². The molecular weight excluding hydrogens is 633 g/mol. The highest BCUT2D eigenvalue weighted by atomic mass is 16.4. The summed E-state index contributed by atoms with van der Waals surface area (Å²) in [7, 11) is 0. The van der Waals surface area contributed by atoms with Gasteiger partial charge in [0.25, 0.3) is 0 Å². The fraction of sp³-hybridized carbons (Fsp3) is 0.111. The zero-order valence-electron chi connectivity index (χ0n) is 27.4. The minimum absolute atomic E-state index is 0.190. The Kier molecular flexibility index (Phi) is 6.10. The van der Waals surface area contributed by atoms with Gasteiger partial charge in [0.15, 0.2) is 0 Å². The van der Waals surface area contributed by atoms with Crippen molar-refractivity contribution in [2.24, 2.45) is 0 Å². The number of carboxylic acids is 2. The summed E-state index contributed by atoms with van der Waals surface area (Å²) in [5.41, 5.74) is 6.03. The van der Waals surface area contributed by atoms with E-state index in [-0.39, 0.29) is 19.3 Å². The second-order valence-electron chi connectivity index (χ2n) is 14.1. The summed E-state index contributed by atoms with van der Waals surface area (Å²) in [5.74, 6) is -1.93. The first-order chi connectivity index (χ1) is 24.9. The van der Waals surface area contributed by atoms with E-state index >= 15 is 0 Å². The first kappa shape index (κ1) is 29.5. The lowest BCUT2D eigenvalue weighted by atomic mass is 9.60. The van der Waals surface area contributed by atoms with Crippen LogP contribution in [-0.2, 0) is 20.4 Å². The van der Waals surface area contributed by atoms with Crippen molar-refractivity contribution in [2.45, 2.75) is 30.1 Å². The highest BCUT2D eigenvalue weighted by Gasteiger charge is 2.56. The van der Waals surface area contributed by atoms with E-state index in [1.807, 2.05) is 72.8 Å². The second kappa shape index (κ2) is 10.6. The van der Waals surface area contributed by atoms with Crippen LogP contribution in [0.2, 0.25) is 0 Å². The van der Waals surface area contributed by atoms with Gasteiger partial charge in [-0.25, -0.2) is 9.97 Å². The van der Waals surface area contributed by atoms with E-state index in [2.05, 4.69) is 60.7 Å². The van der Waals surface area contributed by atoms with Crippen molar-refractivity contribution in [1.82, 2.24) is 9.97 Å². The monoisotopic (exact) mass is 662 g/mol. The summed E-state index contributed by atoms with van der Waals surface area (Å²) < 4.78 is 0. The Labute approximate surface area is 292 Å². The molecule has 10 rings (SSSR count). The average molecular weight is 663 g/mol. The molecule has 0 saturated carbocycles. The standard InChI is InChI=1S/C45H30N2O4/c48-38(49)23-44(32-19-17-26-9-1-5-13-30(26)40(32)42-34(44)21-28-11-3-7-15-36(28)46-42)25-45(24-39(50)51)33-20-18-27-10-2-6-14-31(27)41(33)43-35(45)22-29-12-4-8-16-37(29)47-43/h1-22H,23-25H2,(H,48,49)(H,50,51). The molecule has 2 heterocycles. The number of pyridine rings is 2. The molecule has 0 fully saturated rings. The van der Waals surface area contributed by atoms with Gasteiger partial charge in [0, 0.05) is 32.7 Å². The predicted molar refractivity (Wildman–Crippen MR) is 200 cm³/mol. The van der Waals surface area contributed by atoms with Crippen molar-refractivity contribution in [3.05, 3.63) is 156 Å². The fourth-order valence-corrected chi connectivity index (χ4v) is 9.40.